The zero-order chi connectivity index (χ0) is 16.7. The Balaban J connectivity index is 1.88. The second-order valence-corrected chi connectivity index (χ2v) is 6.03. The van der Waals surface area contributed by atoms with Crippen molar-refractivity contribution in [2.75, 3.05) is 5.73 Å². The number of aromatic hydroxyl groups is 1. The van der Waals surface area contributed by atoms with Crippen LogP contribution in [0.3, 0.4) is 0 Å². The molecule has 0 saturated heterocycles. The zero-order valence-corrected chi connectivity index (χ0v) is 13.1. The van der Waals surface area contributed by atoms with E-state index in [1.54, 1.807) is 48.7 Å². The van der Waals surface area contributed by atoms with Crippen LogP contribution < -0.4 is 11.3 Å². The van der Waals surface area contributed by atoms with Gasteiger partial charge in [0.15, 0.2) is 0 Å². The molecule has 0 bridgehead atoms. The standard InChI is InChI=1S/C16H11N5O2S/c17-13-12(8-10-2-1-7-18-10)14(23)19-16-21(13)20-15(24-16)9-3-5-11(22)6-4-9/h1-8,22H,17H2. The van der Waals surface area contributed by atoms with Crippen LogP contribution >= 0.6 is 11.3 Å². The molecule has 0 amide bonds. The summed E-state index contributed by atoms with van der Waals surface area (Å²) >= 11 is 1.25. The van der Waals surface area contributed by atoms with Gasteiger partial charge in [0, 0.05) is 11.8 Å². The second-order valence-electron chi connectivity index (χ2n) is 5.07. The number of allylic oxidation sites excluding steroid dienone is 2. The topological polar surface area (TPSA) is 106 Å². The van der Waals surface area contributed by atoms with Gasteiger partial charge >= 0.3 is 0 Å². The number of hydrogen-bond donors (Lipinski definition) is 2. The first-order valence-corrected chi connectivity index (χ1v) is 7.85. The molecule has 3 heterocycles. The van der Waals surface area contributed by atoms with Gasteiger partial charge in [-0.1, -0.05) is 11.3 Å². The van der Waals surface area contributed by atoms with Crippen molar-refractivity contribution in [2.24, 2.45) is 4.99 Å². The van der Waals surface area contributed by atoms with E-state index in [0.717, 1.165) is 5.56 Å². The molecule has 7 nitrogen and oxygen atoms in total. The maximum absolute atomic E-state index is 12.3. The van der Waals surface area contributed by atoms with Crippen molar-refractivity contribution in [1.82, 2.24) is 14.6 Å². The largest absolute Gasteiger partial charge is 0.508 e. The van der Waals surface area contributed by atoms with Gasteiger partial charge in [0.25, 0.3) is 5.56 Å². The third kappa shape index (κ3) is 2.38. The number of phenolic OH excluding ortho intramolecular Hbond substituents is 1. The van der Waals surface area contributed by atoms with E-state index < -0.39 is 5.56 Å². The van der Waals surface area contributed by atoms with Crippen LogP contribution in [0.25, 0.3) is 21.6 Å². The van der Waals surface area contributed by atoms with Gasteiger partial charge in [-0.2, -0.15) is 14.6 Å². The minimum absolute atomic E-state index is 0.172. The van der Waals surface area contributed by atoms with Crippen molar-refractivity contribution < 1.29 is 5.11 Å². The lowest BCUT2D eigenvalue weighted by Crippen LogP contribution is -2.16. The van der Waals surface area contributed by atoms with Crippen LogP contribution in [0.5, 0.6) is 5.75 Å². The van der Waals surface area contributed by atoms with Gasteiger partial charge in [-0.15, -0.1) is 0 Å². The molecule has 0 radical (unpaired) electrons. The smallest absolute Gasteiger partial charge is 0.283 e. The Morgan fingerprint density at radius 1 is 1.25 bits per heavy atom. The van der Waals surface area contributed by atoms with E-state index in [-0.39, 0.29) is 17.1 Å². The van der Waals surface area contributed by atoms with Crippen LogP contribution in [0, 0.1) is 0 Å². The number of aliphatic imine (C=N–C) groups is 1. The van der Waals surface area contributed by atoms with Crippen LogP contribution in [0.2, 0.25) is 0 Å². The van der Waals surface area contributed by atoms with E-state index in [0.29, 0.717) is 15.7 Å². The second kappa shape index (κ2) is 5.43. The van der Waals surface area contributed by atoms with Gasteiger partial charge < -0.3 is 10.8 Å². The van der Waals surface area contributed by atoms with Crippen molar-refractivity contribution in [1.29, 1.82) is 0 Å². The number of nitrogens with two attached hydrogens (primary N) is 1. The Bertz CT molecular complexity index is 1080. The summed E-state index contributed by atoms with van der Waals surface area (Å²) in [6, 6.07) is 6.62. The van der Waals surface area contributed by atoms with Gasteiger partial charge in [-0.3, -0.25) is 9.79 Å². The summed E-state index contributed by atoms with van der Waals surface area (Å²) in [6.07, 6.45) is 6.78. The van der Waals surface area contributed by atoms with Crippen molar-refractivity contribution >= 4 is 34.4 Å². The van der Waals surface area contributed by atoms with Crippen LogP contribution in [-0.4, -0.2) is 25.9 Å². The normalized spacial score (nSPS) is 14.9. The molecule has 3 aromatic rings. The first-order chi connectivity index (χ1) is 11.6. The molecule has 4 rings (SSSR count). The molecule has 0 saturated carbocycles. The number of benzene rings is 1. The zero-order valence-electron chi connectivity index (χ0n) is 12.2. The minimum atomic E-state index is -0.420. The molecule has 1 aromatic carbocycles. The number of anilines is 1. The summed E-state index contributed by atoms with van der Waals surface area (Å²) in [5, 5.41) is 14.5. The fourth-order valence-electron chi connectivity index (χ4n) is 2.28. The number of aromatic nitrogens is 3. The average molecular weight is 337 g/mol. The van der Waals surface area contributed by atoms with Gasteiger partial charge in [-0.25, -0.2) is 0 Å². The fraction of sp³-hybridized carbons (Fsp3) is 0. The van der Waals surface area contributed by atoms with Crippen molar-refractivity contribution in [3.05, 3.63) is 58.0 Å². The van der Waals surface area contributed by atoms with Crippen molar-refractivity contribution in [2.45, 2.75) is 0 Å². The van der Waals surface area contributed by atoms with Gasteiger partial charge in [-0.05, 0) is 42.5 Å². The number of hydrogen-bond acceptors (Lipinski definition) is 7. The molecule has 0 spiro atoms. The Labute approximate surface area is 139 Å². The third-order valence-corrected chi connectivity index (χ3v) is 4.43. The number of fused-ring (bicyclic) bond motifs is 1. The molecule has 0 unspecified atom stereocenters. The lowest BCUT2D eigenvalue weighted by Gasteiger charge is -2.01. The molecule has 3 N–H and O–H groups in total. The predicted octanol–water partition coefficient (Wildman–Crippen LogP) is 2.09. The number of phenols is 1. The molecular weight excluding hydrogens is 326 g/mol. The maximum atomic E-state index is 12.3. The molecule has 0 fully saturated rings. The monoisotopic (exact) mass is 337 g/mol. The molecule has 8 heteroatoms. The first-order valence-electron chi connectivity index (χ1n) is 7.03. The quantitative estimate of drug-likeness (QED) is 0.745. The molecule has 0 aliphatic carbocycles. The molecule has 1 aliphatic rings. The van der Waals surface area contributed by atoms with Gasteiger partial charge in [0.1, 0.15) is 16.6 Å². The molecule has 0 atom stereocenters. The lowest BCUT2D eigenvalue weighted by atomic mass is 10.2. The van der Waals surface area contributed by atoms with Crippen molar-refractivity contribution in [3.63, 3.8) is 0 Å². The Hall–Kier alpha value is -3.26. The predicted molar refractivity (Wildman–Crippen MR) is 94.3 cm³/mol. The highest BCUT2D eigenvalue weighted by Crippen LogP contribution is 2.27. The van der Waals surface area contributed by atoms with Crippen LogP contribution in [0.4, 0.5) is 5.82 Å². The summed E-state index contributed by atoms with van der Waals surface area (Å²) < 4.78 is 1.45. The lowest BCUT2D eigenvalue weighted by molar-refractivity contribution is 0.475. The summed E-state index contributed by atoms with van der Waals surface area (Å²) in [7, 11) is 0. The molecule has 24 heavy (non-hydrogen) atoms. The number of rotatable bonds is 2. The molecule has 118 valence electrons. The third-order valence-electron chi connectivity index (χ3n) is 3.47. The highest BCUT2D eigenvalue weighted by Gasteiger charge is 2.14. The van der Waals surface area contributed by atoms with E-state index >= 15 is 0 Å². The summed E-state index contributed by atoms with van der Waals surface area (Å²) in [5.74, 6) is 0.389. The average Bonchev–Trinajstić information content (AvgIpc) is 3.21. The molecule has 2 aromatic heterocycles. The van der Waals surface area contributed by atoms with E-state index in [1.807, 2.05) is 0 Å². The van der Waals surface area contributed by atoms with E-state index in [1.165, 1.54) is 15.9 Å². The first kappa shape index (κ1) is 14.3. The number of nitrogen functional groups attached to an aromatic ring is 1. The molecular formula is C16H11N5O2S. The van der Waals surface area contributed by atoms with Gasteiger partial charge in [0.2, 0.25) is 4.96 Å². The minimum Gasteiger partial charge on any atom is -0.508 e. The summed E-state index contributed by atoms with van der Waals surface area (Å²) in [4.78, 5) is 20.8. The Kier molecular flexibility index (Phi) is 3.24. The fourth-order valence-corrected chi connectivity index (χ4v) is 3.19. The SMILES string of the molecule is Nc1c(C=C2C=CC=N2)c(=O)nc2sc(-c3ccc(O)cc3)nn12. The highest BCUT2D eigenvalue weighted by atomic mass is 32.1. The summed E-state index contributed by atoms with van der Waals surface area (Å²) in [5.41, 5.74) is 7.40. The number of nitrogens with zero attached hydrogens (tertiary/aromatic N) is 4. The highest BCUT2D eigenvalue weighted by molar-refractivity contribution is 7.19. The van der Waals surface area contributed by atoms with Crippen molar-refractivity contribution in [3.8, 4) is 16.3 Å². The van der Waals surface area contributed by atoms with Crippen LogP contribution in [0.1, 0.15) is 5.56 Å². The van der Waals surface area contributed by atoms with Gasteiger partial charge in [0.05, 0.1) is 11.3 Å². The van der Waals surface area contributed by atoms with Crippen LogP contribution in [-0.2, 0) is 0 Å². The maximum Gasteiger partial charge on any atom is 0.283 e. The van der Waals surface area contributed by atoms with E-state index in [2.05, 4.69) is 15.1 Å². The Morgan fingerprint density at radius 2 is 2.04 bits per heavy atom. The molecule has 1 aliphatic heterocycles. The Morgan fingerprint density at radius 3 is 2.75 bits per heavy atom. The van der Waals surface area contributed by atoms with E-state index in [9.17, 15) is 9.90 Å². The van der Waals surface area contributed by atoms with Crippen LogP contribution in [0.15, 0.2) is 51.9 Å². The van der Waals surface area contributed by atoms with E-state index in [4.69, 9.17) is 5.73 Å². The summed E-state index contributed by atoms with van der Waals surface area (Å²) in [6.45, 7) is 0.